The molecular formula is C10H8N2O3. The van der Waals surface area contributed by atoms with E-state index in [2.05, 4.69) is 11.9 Å². The summed E-state index contributed by atoms with van der Waals surface area (Å²) in [6.45, 7) is 3.55. The standard InChI is InChI=1S/C10H8N2O3/c1-2-6-3-7-5-9(13)11-10(7)8(4-6)12(14)15/h2-4H,1,5H2,(H,11,13). The highest BCUT2D eigenvalue weighted by Crippen LogP contribution is 2.34. The molecule has 0 saturated heterocycles. The van der Waals surface area contributed by atoms with E-state index in [1.54, 1.807) is 6.07 Å². The van der Waals surface area contributed by atoms with E-state index in [0.29, 0.717) is 16.8 Å². The zero-order valence-electron chi connectivity index (χ0n) is 7.82. The van der Waals surface area contributed by atoms with Crippen molar-refractivity contribution in [3.05, 3.63) is 40.0 Å². The predicted molar refractivity (Wildman–Crippen MR) is 55.5 cm³/mol. The molecule has 0 saturated carbocycles. The number of nitro groups is 1. The van der Waals surface area contributed by atoms with Gasteiger partial charge in [-0.05, 0) is 17.2 Å². The first-order valence-corrected chi connectivity index (χ1v) is 4.35. The lowest BCUT2D eigenvalue weighted by molar-refractivity contribution is -0.383. The Morgan fingerprint density at radius 2 is 2.27 bits per heavy atom. The van der Waals surface area contributed by atoms with Crippen molar-refractivity contribution < 1.29 is 9.72 Å². The fourth-order valence-corrected chi connectivity index (χ4v) is 1.61. The molecular weight excluding hydrogens is 196 g/mol. The topological polar surface area (TPSA) is 72.2 Å². The number of fused-ring (bicyclic) bond motifs is 1. The summed E-state index contributed by atoms with van der Waals surface area (Å²) in [7, 11) is 0. The molecule has 1 aromatic rings. The summed E-state index contributed by atoms with van der Waals surface area (Å²) in [5, 5.41) is 13.2. The van der Waals surface area contributed by atoms with Gasteiger partial charge in [0.25, 0.3) is 5.69 Å². The molecule has 1 amide bonds. The number of nitro benzene ring substituents is 1. The molecule has 1 N–H and O–H groups in total. The number of anilines is 1. The second-order valence-corrected chi connectivity index (χ2v) is 3.26. The van der Waals surface area contributed by atoms with Crippen LogP contribution in [0.4, 0.5) is 11.4 Å². The number of nitrogens with one attached hydrogen (secondary N) is 1. The van der Waals surface area contributed by atoms with Gasteiger partial charge in [0.2, 0.25) is 5.91 Å². The minimum atomic E-state index is -0.503. The van der Waals surface area contributed by atoms with Gasteiger partial charge in [0.15, 0.2) is 0 Å². The van der Waals surface area contributed by atoms with Gasteiger partial charge < -0.3 is 5.32 Å². The van der Waals surface area contributed by atoms with Gasteiger partial charge in [-0.1, -0.05) is 12.7 Å². The summed E-state index contributed by atoms with van der Waals surface area (Å²) < 4.78 is 0. The van der Waals surface area contributed by atoms with Crippen molar-refractivity contribution >= 4 is 23.4 Å². The fourth-order valence-electron chi connectivity index (χ4n) is 1.61. The maximum absolute atomic E-state index is 11.1. The van der Waals surface area contributed by atoms with Gasteiger partial charge in [0.1, 0.15) is 5.69 Å². The van der Waals surface area contributed by atoms with Gasteiger partial charge in [-0.25, -0.2) is 0 Å². The number of hydrogen-bond donors (Lipinski definition) is 1. The van der Waals surface area contributed by atoms with Crippen LogP contribution in [0.1, 0.15) is 11.1 Å². The first kappa shape index (κ1) is 9.39. The lowest BCUT2D eigenvalue weighted by Crippen LogP contribution is -2.04. The zero-order valence-corrected chi connectivity index (χ0v) is 7.82. The van der Waals surface area contributed by atoms with E-state index in [1.165, 1.54) is 12.1 Å². The van der Waals surface area contributed by atoms with Crippen LogP contribution in [0.15, 0.2) is 18.7 Å². The smallest absolute Gasteiger partial charge is 0.293 e. The second-order valence-electron chi connectivity index (χ2n) is 3.26. The van der Waals surface area contributed by atoms with Crippen LogP contribution in [0.3, 0.4) is 0 Å². The van der Waals surface area contributed by atoms with Crippen molar-refractivity contribution in [1.82, 2.24) is 0 Å². The molecule has 1 aliphatic rings. The summed E-state index contributed by atoms with van der Waals surface area (Å²) in [6, 6.07) is 3.13. The van der Waals surface area contributed by atoms with Crippen LogP contribution in [0.5, 0.6) is 0 Å². The van der Waals surface area contributed by atoms with E-state index in [9.17, 15) is 14.9 Å². The Balaban J connectivity index is 2.64. The van der Waals surface area contributed by atoms with Crippen LogP contribution < -0.4 is 5.32 Å². The quantitative estimate of drug-likeness (QED) is 0.589. The lowest BCUT2D eigenvalue weighted by atomic mass is 10.1. The summed E-state index contributed by atoms with van der Waals surface area (Å²) in [6.07, 6.45) is 1.72. The van der Waals surface area contributed by atoms with E-state index in [0.717, 1.165) is 0 Å². The molecule has 0 bridgehead atoms. The Morgan fingerprint density at radius 3 is 2.87 bits per heavy atom. The third-order valence-electron chi connectivity index (χ3n) is 2.27. The second kappa shape index (κ2) is 3.20. The third-order valence-corrected chi connectivity index (χ3v) is 2.27. The van der Waals surface area contributed by atoms with Crippen molar-refractivity contribution in [2.75, 3.05) is 5.32 Å². The number of rotatable bonds is 2. The maximum Gasteiger partial charge on any atom is 0.293 e. The number of carbonyl (C=O) groups excluding carboxylic acids is 1. The fraction of sp³-hybridized carbons (Fsp3) is 0.100. The number of hydrogen-bond acceptors (Lipinski definition) is 3. The van der Waals surface area contributed by atoms with E-state index < -0.39 is 4.92 Å². The SMILES string of the molecule is C=Cc1cc2c(c([N+](=O)[O-])c1)NC(=O)C2. The Morgan fingerprint density at radius 1 is 1.53 bits per heavy atom. The molecule has 0 unspecified atom stereocenters. The third kappa shape index (κ3) is 1.48. The molecule has 0 fully saturated rings. The van der Waals surface area contributed by atoms with Crippen LogP contribution in [-0.2, 0) is 11.2 Å². The lowest BCUT2D eigenvalue weighted by Gasteiger charge is -2.01. The Kier molecular flexibility index (Phi) is 2.00. The van der Waals surface area contributed by atoms with Crippen LogP contribution in [0.2, 0.25) is 0 Å². The Labute approximate surface area is 85.6 Å². The van der Waals surface area contributed by atoms with Crippen LogP contribution >= 0.6 is 0 Å². The normalized spacial score (nSPS) is 13.2. The van der Waals surface area contributed by atoms with E-state index in [4.69, 9.17) is 0 Å². The van der Waals surface area contributed by atoms with Crippen molar-refractivity contribution in [2.24, 2.45) is 0 Å². The molecule has 1 aliphatic heterocycles. The number of benzene rings is 1. The number of carbonyl (C=O) groups is 1. The highest BCUT2D eigenvalue weighted by Gasteiger charge is 2.26. The summed E-state index contributed by atoms with van der Waals surface area (Å²) in [4.78, 5) is 21.4. The molecule has 0 radical (unpaired) electrons. The van der Waals surface area contributed by atoms with Crippen molar-refractivity contribution in [3.63, 3.8) is 0 Å². The number of nitrogens with zero attached hydrogens (tertiary/aromatic N) is 1. The predicted octanol–water partition coefficient (Wildman–Crippen LogP) is 1.73. The van der Waals surface area contributed by atoms with Gasteiger partial charge in [-0.2, -0.15) is 0 Å². The Hall–Kier alpha value is -2.17. The molecule has 1 heterocycles. The van der Waals surface area contributed by atoms with Gasteiger partial charge in [0, 0.05) is 6.07 Å². The highest BCUT2D eigenvalue weighted by atomic mass is 16.6. The van der Waals surface area contributed by atoms with E-state index >= 15 is 0 Å². The van der Waals surface area contributed by atoms with E-state index in [1.807, 2.05) is 0 Å². The first-order valence-electron chi connectivity index (χ1n) is 4.35. The molecule has 76 valence electrons. The first-order chi connectivity index (χ1) is 7.11. The van der Waals surface area contributed by atoms with Crippen molar-refractivity contribution in [2.45, 2.75) is 6.42 Å². The molecule has 0 aliphatic carbocycles. The molecule has 5 heteroatoms. The van der Waals surface area contributed by atoms with Gasteiger partial charge in [-0.3, -0.25) is 14.9 Å². The Bertz CT molecular complexity index is 480. The van der Waals surface area contributed by atoms with Gasteiger partial charge >= 0.3 is 0 Å². The summed E-state index contributed by atoms with van der Waals surface area (Å²) >= 11 is 0. The van der Waals surface area contributed by atoms with Gasteiger partial charge in [-0.15, -0.1) is 0 Å². The van der Waals surface area contributed by atoms with E-state index in [-0.39, 0.29) is 18.0 Å². The van der Waals surface area contributed by atoms with Crippen LogP contribution in [-0.4, -0.2) is 10.8 Å². The largest absolute Gasteiger partial charge is 0.320 e. The minimum absolute atomic E-state index is 0.0757. The summed E-state index contributed by atoms with van der Waals surface area (Å²) in [5.41, 5.74) is 1.55. The van der Waals surface area contributed by atoms with Crippen LogP contribution in [0, 0.1) is 10.1 Å². The van der Waals surface area contributed by atoms with Crippen LogP contribution in [0.25, 0.3) is 6.08 Å². The monoisotopic (exact) mass is 204 g/mol. The van der Waals surface area contributed by atoms with Crippen molar-refractivity contribution in [1.29, 1.82) is 0 Å². The summed E-state index contributed by atoms with van der Waals surface area (Å²) in [5.74, 6) is -0.214. The molecule has 2 rings (SSSR count). The van der Waals surface area contributed by atoms with Gasteiger partial charge in [0.05, 0.1) is 11.3 Å². The highest BCUT2D eigenvalue weighted by molar-refractivity contribution is 6.02. The molecule has 5 nitrogen and oxygen atoms in total. The molecule has 0 atom stereocenters. The molecule has 1 aromatic carbocycles. The molecule has 0 aromatic heterocycles. The average Bonchev–Trinajstić information content (AvgIpc) is 2.55. The molecule has 15 heavy (non-hydrogen) atoms. The average molecular weight is 204 g/mol. The van der Waals surface area contributed by atoms with Crippen molar-refractivity contribution in [3.8, 4) is 0 Å². The minimum Gasteiger partial charge on any atom is -0.320 e. The maximum atomic E-state index is 11.1. The number of amides is 1. The zero-order chi connectivity index (χ0) is 11.0. The molecule has 0 spiro atoms.